The molecule has 0 unspecified atom stereocenters. The lowest BCUT2D eigenvalue weighted by Crippen LogP contribution is -2.23. The van der Waals surface area contributed by atoms with E-state index in [4.69, 9.17) is 9.47 Å². The van der Waals surface area contributed by atoms with Crippen molar-refractivity contribution in [3.63, 3.8) is 0 Å². The summed E-state index contributed by atoms with van der Waals surface area (Å²) in [5.74, 6) is -0.495. The highest BCUT2D eigenvalue weighted by atomic mass is 16.5. The van der Waals surface area contributed by atoms with Crippen LogP contribution in [0.25, 0.3) is 6.08 Å². The van der Waals surface area contributed by atoms with Crippen molar-refractivity contribution >= 4 is 12.0 Å². The summed E-state index contributed by atoms with van der Waals surface area (Å²) in [6, 6.07) is 3.05. The molecular formula is C16H17O4-. The number of hydrogen-bond acceptors (Lipinski definition) is 4. The third-order valence-corrected chi connectivity index (χ3v) is 2.39. The number of carbonyl (C=O) groups is 1. The number of rotatable bonds is 8. The fourth-order valence-electron chi connectivity index (χ4n) is 1.62. The van der Waals surface area contributed by atoms with Crippen LogP contribution in [0.2, 0.25) is 0 Å². The zero-order chi connectivity index (χ0) is 15.0. The maximum Gasteiger partial charge on any atom is 0.131 e. The third-order valence-electron chi connectivity index (χ3n) is 2.39. The Morgan fingerprint density at radius 1 is 1.25 bits per heavy atom. The molecule has 0 amide bonds. The second kappa shape index (κ2) is 7.84. The molecule has 1 rings (SSSR count). The topological polar surface area (TPSA) is 58.6 Å². The number of aromatic carboxylic acids is 1. The van der Waals surface area contributed by atoms with Crippen LogP contribution in [0.15, 0.2) is 43.5 Å². The summed E-state index contributed by atoms with van der Waals surface area (Å²) in [4.78, 5) is 11.3. The first-order valence-corrected chi connectivity index (χ1v) is 6.13. The van der Waals surface area contributed by atoms with Gasteiger partial charge in [-0.15, -0.1) is 0 Å². The molecule has 0 N–H and O–H groups in total. The number of carboxylic acids is 1. The molecule has 0 heterocycles. The third kappa shape index (κ3) is 4.02. The summed E-state index contributed by atoms with van der Waals surface area (Å²) < 4.78 is 10.8. The summed E-state index contributed by atoms with van der Waals surface area (Å²) >= 11 is 0. The molecule has 0 aliphatic carbocycles. The highest BCUT2D eigenvalue weighted by molar-refractivity contribution is 5.92. The maximum absolute atomic E-state index is 11.3. The fourth-order valence-corrected chi connectivity index (χ4v) is 1.62. The zero-order valence-electron chi connectivity index (χ0n) is 11.4. The first-order chi connectivity index (χ1) is 9.63. The van der Waals surface area contributed by atoms with Gasteiger partial charge in [0.05, 0.1) is 5.97 Å². The van der Waals surface area contributed by atoms with Gasteiger partial charge in [0.2, 0.25) is 0 Å². The van der Waals surface area contributed by atoms with Crippen LogP contribution in [0.5, 0.6) is 11.5 Å². The Bertz CT molecular complexity index is 530. The Hall–Kier alpha value is -2.49. The van der Waals surface area contributed by atoms with Crippen LogP contribution in [-0.4, -0.2) is 19.2 Å². The van der Waals surface area contributed by atoms with Gasteiger partial charge in [0, 0.05) is 17.2 Å². The molecule has 106 valence electrons. The number of carboxylic acid groups (broad SMARTS) is 1. The summed E-state index contributed by atoms with van der Waals surface area (Å²) in [5.41, 5.74) is 0.462. The lowest BCUT2D eigenvalue weighted by molar-refractivity contribution is -0.255. The standard InChI is InChI=1S/C16H18O4/c1-4-7-13-14(16(17)18)10-12(19-8-5-2)11-15(13)20-9-6-3/h4-7,10-11H,2-3,8-9H2,1H3,(H,17,18)/p-1. The Labute approximate surface area is 118 Å². The lowest BCUT2D eigenvalue weighted by Gasteiger charge is -2.16. The van der Waals surface area contributed by atoms with Crippen molar-refractivity contribution < 1.29 is 19.4 Å². The normalized spacial score (nSPS) is 10.2. The van der Waals surface area contributed by atoms with Gasteiger partial charge in [-0.05, 0) is 13.0 Å². The van der Waals surface area contributed by atoms with Gasteiger partial charge < -0.3 is 19.4 Å². The van der Waals surface area contributed by atoms with Gasteiger partial charge in [0.25, 0.3) is 0 Å². The van der Waals surface area contributed by atoms with Crippen LogP contribution in [-0.2, 0) is 0 Å². The van der Waals surface area contributed by atoms with E-state index in [1.807, 2.05) is 0 Å². The number of ether oxygens (including phenoxy) is 2. The Morgan fingerprint density at radius 3 is 2.45 bits per heavy atom. The largest absolute Gasteiger partial charge is 0.545 e. The molecule has 0 aromatic heterocycles. The van der Waals surface area contributed by atoms with Gasteiger partial charge >= 0.3 is 0 Å². The Balaban J connectivity index is 3.32. The van der Waals surface area contributed by atoms with Crippen LogP contribution in [0.4, 0.5) is 0 Å². The molecule has 0 saturated heterocycles. The van der Waals surface area contributed by atoms with Crippen molar-refractivity contribution in [2.75, 3.05) is 13.2 Å². The van der Waals surface area contributed by atoms with Crippen LogP contribution in [0, 0.1) is 0 Å². The maximum atomic E-state index is 11.3. The van der Waals surface area contributed by atoms with Gasteiger partial charge in [0.1, 0.15) is 24.7 Å². The molecule has 20 heavy (non-hydrogen) atoms. The molecule has 4 nitrogen and oxygen atoms in total. The number of hydrogen-bond donors (Lipinski definition) is 0. The molecule has 0 fully saturated rings. The van der Waals surface area contributed by atoms with E-state index in [0.29, 0.717) is 17.1 Å². The van der Waals surface area contributed by atoms with E-state index in [1.165, 1.54) is 6.07 Å². The molecule has 4 heteroatoms. The first kappa shape index (κ1) is 15.6. The highest BCUT2D eigenvalue weighted by Gasteiger charge is 2.11. The van der Waals surface area contributed by atoms with Crippen molar-refractivity contribution in [3.05, 3.63) is 54.6 Å². The second-order valence-corrected chi connectivity index (χ2v) is 3.87. The van der Waals surface area contributed by atoms with Crippen LogP contribution >= 0.6 is 0 Å². The van der Waals surface area contributed by atoms with Crippen molar-refractivity contribution in [2.45, 2.75) is 6.92 Å². The molecule has 0 spiro atoms. The van der Waals surface area contributed by atoms with Crippen LogP contribution in [0.3, 0.4) is 0 Å². The highest BCUT2D eigenvalue weighted by Crippen LogP contribution is 2.30. The average molecular weight is 273 g/mol. The van der Waals surface area contributed by atoms with Crippen molar-refractivity contribution in [1.29, 1.82) is 0 Å². The summed E-state index contributed by atoms with van der Waals surface area (Å²) in [7, 11) is 0. The summed E-state index contributed by atoms with van der Waals surface area (Å²) in [6.45, 7) is 9.44. The Kier molecular flexibility index (Phi) is 6.10. The first-order valence-electron chi connectivity index (χ1n) is 6.13. The van der Waals surface area contributed by atoms with Crippen molar-refractivity contribution in [2.24, 2.45) is 0 Å². The lowest BCUT2D eigenvalue weighted by atomic mass is 10.0. The van der Waals surface area contributed by atoms with Gasteiger partial charge in [-0.25, -0.2) is 0 Å². The monoisotopic (exact) mass is 273 g/mol. The van der Waals surface area contributed by atoms with Gasteiger partial charge in [-0.2, -0.15) is 0 Å². The molecule has 1 aromatic carbocycles. The van der Waals surface area contributed by atoms with Crippen LogP contribution < -0.4 is 14.6 Å². The van der Waals surface area contributed by atoms with Crippen LogP contribution in [0.1, 0.15) is 22.8 Å². The zero-order valence-corrected chi connectivity index (χ0v) is 11.4. The number of carbonyl (C=O) groups excluding carboxylic acids is 1. The SMILES string of the molecule is C=CCOc1cc(OCC=C)c(C=CC)c(C(=O)[O-])c1. The minimum atomic E-state index is -1.29. The smallest absolute Gasteiger partial charge is 0.131 e. The van der Waals surface area contributed by atoms with E-state index in [9.17, 15) is 9.90 Å². The summed E-state index contributed by atoms with van der Waals surface area (Å²) in [6.07, 6.45) is 6.53. The molecule has 0 radical (unpaired) electrons. The van der Waals surface area contributed by atoms with E-state index < -0.39 is 5.97 Å². The fraction of sp³-hybridized carbons (Fsp3) is 0.188. The molecule has 0 atom stereocenters. The van der Waals surface area contributed by atoms with E-state index in [1.54, 1.807) is 37.3 Å². The average Bonchev–Trinajstić information content (AvgIpc) is 2.44. The van der Waals surface area contributed by atoms with Gasteiger partial charge in [-0.1, -0.05) is 37.5 Å². The molecule has 1 aromatic rings. The van der Waals surface area contributed by atoms with Gasteiger partial charge in [-0.3, -0.25) is 0 Å². The number of allylic oxidation sites excluding steroid dienone is 1. The van der Waals surface area contributed by atoms with Crippen molar-refractivity contribution in [1.82, 2.24) is 0 Å². The minimum Gasteiger partial charge on any atom is -0.545 e. The molecule has 0 aliphatic heterocycles. The predicted octanol–water partition coefficient (Wildman–Crippen LogP) is 2.21. The van der Waals surface area contributed by atoms with E-state index in [0.717, 1.165) is 0 Å². The molecule has 0 aliphatic rings. The van der Waals surface area contributed by atoms with Gasteiger partial charge in [0.15, 0.2) is 0 Å². The summed E-state index contributed by atoms with van der Waals surface area (Å²) in [5, 5.41) is 11.3. The molecule has 0 bridgehead atoms. The van der Waals surface area contributed by atoms with E-state index >= 15 is 0 Å². The Morgan fingerprint density at radius 2 is 1.90 bits per heavy atom. The quantitative estimate of drug-likeness (QED) is 0.681. The van der Waals surface area contributed by atoms with Crippen molar-refractivity contribution in [3.8, 4) is 11.5 Å². The van der Waals surface area contributed by atoms with E-state index in [-0.39, 0.29) is 18.8 Å². The predicted molar refractivity (Wildman–Crippen MR) is 76.9 cm³/mol. The second-order valence-electron chi connectivity index (χ2n) is 3.87. The van der Waals surface area contributed by atoms with E-state index in [2.05, 4.69) is 13.2 Å². The minimum absolute atomic E-state index is 0.0173. The molecule has 0 saturated carbocycles. The number of benzene rings is 1. The molecular weight excluding hydrogens is 256 g/mol.